The number of hydrogen-bond acceptors (Lipinski definition) is 4. The largest absolute Gasteiger partial charge is 0.456 e. The van der Waals surface area contributed by atoms with Crippen LogP contribution in [-0.4, -0.2) is 14.5 Å². The highest BCUT2D eigenvalue weighted by molar-refractivity contribution is 6.32. The number of allylic oxidation sites excluding steroid dienone is 1. The fraction of sp³-hybridized carbons (Fsp3) is 0.130. The second-order valence-corrected chi connectivity index (χ2v) is 7.85. The zero-order chi connectivity index (χ0) is 21.1. The molecule has 0 radical (unpaired) electrons. The molecule has 0 aliphatic rings. The van der Waals surface area contributed by atoms with Gasteiger partial charge >= 0.3 is 0 Å². The Balaban J connectivity index is 1.58. The molecule has 0 atom stereocenters. The van der Waals surface area contributed by atoms with Crippen molar-refractivity contribution in [1.82, 2.24) is 14.5 Å². The maximum Gasteiger partial charge on any atom is 0.158 e. The van der Waals surface area contributed by atoms with Crippen LogP contribution in [0.15, 0.2) is 73.2 Å². The van der Waals surface area contributed by atoms with Crippen molar-refractivity contribution in [2.45, 2.75) is 19.9 Å². The number of aryl methyl sites for hydroxylation is 1. The Morgan fingerprint density at radius 2 is 2.00 bits per heavy atom. The van der Waals surface area contributed by atoms with Crippen LogP contribution in [0.5, 0.6) is 11.5 Å². The van der Waals surface area contributed by atoms with Crippen molar-refractivity contribution in [3.63, 3.8) is 0 Å². The third-order valence-corrected chi connectivity index (χ3v) is 5.08. The van der Waals surface area contributed by atoms with Crippen LogP contribution in [0.25, 0.3) is 11.0 Å². The zero-order valence-corrected chi connectivity index (χ0v) is 17.9. The minimum absolute atomic E-state index is 0.475. The first kappa shape index (κ1) is 20.3. The second kappa shape index (κ2) is 8.78. The molecule has 7 heteroatoms. The Bertz CT molecular complexity index is 1220. The number of ether oxygens (including phenoxy) is 1. The number of hydrogen-bond donors (Lipinski definition) is 1. The average Bonchev–Trinajstić information content (AvgIpc) is 3.13. The number of benzene rings is 2. The zero-order valence-electron chi connectivity index (χ0n) is 16.4. The van der Waals surface area contributed by atoms with Gasteiger partial charge in [-0.05, 0) is 55.8 Å². The molecule has 0 amide bonds. The van der Waals surface area contributed by atoms with E-state index in [1.165, 1.54) is 0 Å². The van der Waals surface area contributed by atoms with Crippen LogP contribution >= 0.6 is 23.2 Å². The number of nitrogens with one attached hydrogen (secondary N) is 1. The van der Waals surface area contributed by atoms with Gasteiger partial charge in [-0.1, -0.05) is 34.8 Å². The molecule has 0 spiro atoms. The molecular formula is C23H20Cl2N4O. The maximum atomic E-state index is 6.45. The summed E-state index contributed by atoms with van der Waals surface area (Å²) in [4.78, 5) is 8.80. The minimum Gasteiger partial charge on any atom is -0.456 e. The van der Waals surface area contributed by atoms with Gasteiger partial charge in [-0.2, -0.15) is 0 Å². The number of nitrogens with zero attached hydrogens (tertiary/aromatic N) is 3. The Hall–Kier alpha value is -3.02. The minimum atomic E-state index is 0.475. The molecule has 152 valence electrons. The highest BCUT2D eigenvalue weighted by atomic mass is 35.5. The predicted molar refractivity (Wildman–Crippen MR) is 123 cm³/mol. The van der Waals surface area contributed by atoms with E-state index in [0.717, 1.165) is 35.3 Å². The lowest BCUT2D eigenvalue weighted by molar-refractivity contribution is 0.483. The van der Waals surface area contributed by atoms with Crippen LogP contribution in [0.4, 0.5) is 11.5 Å². The molecule has 0 aliphatic heterocycles. The van der Waals surface area contributed by atoms with E-state index in [1.54, 1.807) is 24.5 Å². The number of aromatic nitrogens is 3. The van der Waals surface area contributed by atoms with E-state index in [2.05, 4.69) is 26.4 Å². The highest BCUT2D eigenvalue weighted by Crippen LogP contribution is 2.34. The molecule has 0 saturated heterocycles. The van der Waals surface area contributed by atoms with Gasteiger partial charge in [0.2, 0.25) is 0 Å². The van der Waals surface area contributed by atoms with Gasteiger partial charge in [-0.25, -0.2) is 9.97 Å². The summed E-state index contributed by atoms with van der Waals surface area (Å²) in [7, 11) is 0. The summed E-state index contributed by atoms with van der Waals surface area (Å²) in [5.41, 5.74) is 3.74. The van der Waals surface area contributed by atoms with Gasteiger partial charge in [0, 0.05) is 23.5 Å². The summed E-state index contributed by atoms with van der Waals surface area (Å²) in [6.45, 7) is 6.82. The first-order chi connectivity index (χ1) is 14.5. The molecule has 0 bridgehead atoms. The van der Waals surface area contributed by atoms with Gasteiger partial charge in [-0.15, -0.1) is 6.58 Å². The molecule has 5 nitrogen and oxygen atoms in total. The molecule has 2 heterocycles. The summed E-state index contributed by atoms with van der Waals surface area (Å²) in [6, 6.07) is 14.7. The first-order valence-corrected chi connectivity index (χ1v) is 10.2. The lowest BCUT2D eigenvalue weighted by Crippen LogP contribution is -2.02. The van der Waals surface area contributed by atoms with Gasteiger partial charge in [0.15, 0.2) is 5.82 Å². The molecule has 0 fully saturated rings. The third-order valence-electron chi connectivity index (χ3n) is 4.55. The summed E-state index contributed by atoms with van der Waals surface area (Å²) >= 11 is 12.5. The second-order valence-electron chi connectivity index (χ2n) is 7.00. The van der Waals surface area contributed by atoms with Gasteiger partial charge in [0.1, 0.15) is 23.3 Å². The van der Waals surface area contributed by atoms with Gasteiger partial charge in [-0.3, -0.25) is 0 Å². The lowest BCUT2D eigenvalue weighted by atomic mass is 10.2. The number of anilines is 2. The van der Waals surface area contributed by atoms with Crippen LogP contribution in [0.2, 0.25) is 10.0 Å². The number of rotatable bonds is 7. The molecule has 4 aromatic rings. The Kier molecular flexibility index (Phi) is 5.93. The van der Waals surface area contributed by atoms with Crippen molar-refractivity contribution in [3.8, 4) is 11.5 Å². The number of fused-ring (bicyclic) bond motifs is 1. The van der Waals surface area contributed by atoms with Crippen LogP contribution < -0.4 is 10.1 Å². The van der Waals surface area contributed by atoms with Crippen molar-refractivity contribution in [3.05, 3.63) is 83.3 Å². The Labute approximate surface area is 184 Å². The molecule has 2 aromatic heterocycles. The molecule has 0 unspecified atom stereocenters. The molecule has 4 rings (SSSR count). The van der Waals surface area contributed by atoms with Crippen molar-refractivity contribution in [2.24, 2.45) is 0 Å². The van der Waals surface area contributed by atoms with Crippen LogP contribution in [-0.2, 0) is 6.54 Å². The molecule has 2 aromatic carbocycles. The van der Waals surface area contributed by atoms with Crippen molar-refractivity contribution in [2.75, 3.05) is 5.32 Å². The van der Waals surface area contributed by atoms with E-state index in [0.29, 0.717) is 27.4 Å². The van der Waals surface area contributed by atoms with E-state index in [-0.39, 0.29) is 0 Å². The quantitative estimate of drug-likeness (QED) is 0.309. The summed E-state index contributed by atoms with van der Waals surface area (Å²) in [6.07, 6.45) is 4.45. The normalized spacial score (nSPS) is 10.9. The van der Waals surface area contributed by atoms with Crippen molar-refractivity contribution >= 4 is 45.7 Å². The van der Waals surface area contributed by atoms with E-state index in [4.69, 9.17) is 27.9 Å². The monoisotopic (exact) mass is 438 g/mol. The maximum absolute atomic E-state index is 6.45. The standard InChI is InChI=1S/C23H20Cl2N4O/c1-15(2)8-10-29-11-9-20-22(29)23(27-14-26-20)28-17-6-7-21(19(25)13-17)30-18-5-3-4-16(24)12-18/h3-7,9,11-14H,1,8,10H2,2H3,(H,26,27,28). The van der Waals surface area contributed by atoms with Crippen LogP contribution in [0.3, 0.4) is 0 Å². The first-order valence-electron chi connectivity index (χ1n) is 9.44. The topological polar surface area (TPSA) is 52.0 Å². The van der Waals surface area contributed by atoms with Crippen LogP contribution in [0, 0.1) is 0 Å². The van der Waals surface area contributed by atoms with E-state index >= 15 is 0 Å². The molecular weight excluding hydrogens is 419 g/mol. The molecule has 1 N–H and O–H groups in total. The Morgan fingerprint density at radius 3 is 2.77 bits per heavy atom. The van der Waals surface area contributed by atoms with E-state index < -0.39 is 0 Å². The summed E-state index contributed by atoms with van der Waals surface area (Å²) < 4.78 is 7.97. The van der Waals surface area contributed by atoms with Gasteiger partial charge in [0.05, 0.1) is 10.5 Å². The van der Waals surface area contributed by atoms with Gasteiger partial charge < -0.3 is 14.6 Å². The van der Waals surface area contributed by atoms with Gasteiger partial charge in [0.25, 0.3) is 0 Å². The third kappa shape index (κ3) is 4.58. The molecule has 30 heavy (non-hydrogen) atoms. The summed E-state index contributed by atoms with van der Waals surface area (Å²) in [5, 5.41) is 4.42. The number of halogens is 2. The van der Waals surface area contributed by atoms with Crippen molar-refractivity contribution < 1.29 is 4.74 Å². The fourth-order valence-electron chi connectivity index (χ4n) is 3.08. The van der Waals surface area contributed by atoms with E-state index in [9.17, 15) is 0 Å². The summed E-state index contributed by atoms with van der Waals surface area (Å²) in [5.74, 6) is 1.88. The predicted octanol–water partition coefficient (Wildman–Crippen LogP) is 7.24. The molecule has 0 aliphatic carbocycles. The lowest BCUT2D eigenvalue weighted by Gasteiger charge is -2.12. The van der Waals surface area contributed by atoms with Crippen molar-refractivity contribution in [1.29, 1.82) is 0 Å². The SMILES string of the molecule is C=C(C)CCn1ccc2ncnc(Nc3ccc(Oc4cccc(Cl)c4)c(Cl)c3)c21. The van der Waals surface area contributed by atoms with E-state index in [1.807, 2.05) is 43.5 Å². The fourth-order valence-corrected chi connectivity index (χ4v) is 3.48. The highest BCUT2D eigenvalue weighted by Gasteiger charge is 2.11. The average molecular weight is 439 g/mol. The van der Waals surface area contributed by atoms with Crippen LogP contribution in [0.1, 0.15) is 13.3 Å². The smallest absolute Gasteiger partial charge is 0.158 e. The Morgan fingerprint density at radius 1 is 1.13 bits per heavy atom. The molecule has 0 saturated carbocycles.